The largest absolute Gasteiger partial charge is 0.492 e. The molecule has 0 bridgehead atoms. The second-order valence-corrected chi connectivity index (χ2v) is 8.39. The molecule has 1 unspecified atom stereocenters. The first-order valence-corrected chi connectivity index (χ1v) is 11.3. The fourth-order valence-corrected chi connectivity index (χ4v) is 4.07. The average Bonchev–Trinajstić information content (AvgIpc) is 3.36. The fraction of sp³-hybridized carbons (Fsp3) is 0.154. The minimum absolute atomic E-state index is 0.194. The van der Waals surface area contributed by atoms with Crippen LogP contribution in [0.25, 0.3) is 10.6 Å². The second kappa shape index (κ2) is 10.1. The zero-order valence-electron chi connectivity index (χ0n) is 17.8. The molecule has 1 atom stereocenters. The minimum Gasteiger partial charge on any atom is -0.492 e. The number of nitrogens with zero attached hydrogens (tertiary/aromatic N) is 1. The average molecular weight is 444 g/mol. The molecular formula is C26H25N3O2S. The maximum atomic E-state index is 13.1. The van der Waals surface area contributed by atoms with Gasteiger partial charge in [-0.1, -0.05) is 48.5 Å². The Hall–Kier alpha value is -3.64. The molecule has 0 fully saturated rings. The number of nitrogens with one attached hydrogen (secondary N) is 1. The molecule has 3 aromatic carbocycles. The lowest BCUT2D eigenvalue weighted by molar-refractivity contribution is 0.0936. The molecule has 1 heterocycles. The van der Waals surface area contributed by atoms with Crippen molar-refractivity contribution < 1.29 is 9.53 Å². The van der Waals surface area contributed by atoms with Crippen molar-refractivity contribution in [3.05, 3.63) is 101 Å². The Balaban J connectivity index is 1.45. The summed E-state index contributed by atoms with van der Waals surface area (Å²) in [7, 11) is 0. The molecule has 32 heavy (non-hydrogen) atoms. The minimum atomic E-state index is -0.223. The third-order valence-electron chi connectivity index (χ3n) is 5.15. The lowest BCUT2D eigenvalue weighted by Crippen LogP contribution is -2.27. The van der Waals surface area contributed by atoms with Crippen molar-refractivity contribution in [1.29, 1.82) is 0 Å². The van der Waals surface area contributed by atoms with Gasteiger partial charge in [-0.3, -0.25) is 4.79 Å². The molecule has 4 aromatic rings. The predicted octanol–water partition coefficient (Wildman–Crippen LogP) is 5.50. The number of hydrogen-bond donors (Lipinski definition) is 2. The summed E-state index contributed by atoms with van der Waals surface area (Å²) < 4.78 is 5.95. The maximum absolute atomic E-state index is 13.1. The summed E-state index contributed by atoms with van der Waals surface area (Å²) in [4.78, 5) is 17.5. The number of carbonyl (C=O) groups is 1. The van der Waals surface area contributed by atoms with Crippen molar-refractivity contribution in [2.24, 2.45) is 0 Å². The number of rotatable bonds is 8. The van der Waals surface area contributed by atoms with Crippen molar-refractivity contribution in [2.45, 2.75) is 19.4 Å². The molecule has 0 aliphatic carbocycles. The Kier molecular flexibility index (Phi) is 6.82. The molecule has 3 N–H and O–H groups in total. The molecule has 0 saturated carbocycles. The van der Waals surface area contributed by atoms with Gasteiger partial charge in [-0.15, -0.1) is 11.3 Å². The van der Waals surface area contributed by atoms with Gasteiger partial charge in [0.25, 0.3) is 5.91 Å². The van der Waals surface area contributed by atoms with E-state index in [1.165, 1.54) is 5.56 Å². The number of carbonyl (C=O) groups excluding carboxylic acids is 1. The normalized spacial score (nSPS) is 11.7. The van der Waals surface area contributed by atoms with Gasteiger partial charge in [0.05, 0.1) is 18.2 Å². The van der Waals surface area contributed by atoms with Crippen molar-refractivity contribution in [1.82, 2.24) is 10.3 Å². The first-order chi connectivity index (χ1) is 15.6. The van der Waals surface area contributed by atoms with E-state index in [0.717, 1.165) is 22.6 Å². The van der Waals surface area contributed by atoms with E-state index in [1.807, 2.05) is 48.7 Å². The van der Waals surface area contributed by atoms with E-state index in [4.69, 9.17) is 10.5 Å². The van der Waals surface area contributed by atoms with Crippen LogP contribution in [0.1, 0.15) is 34.5 Å². The highest BCUT2D eigenvalue weighted by molar-refractivity contribution is 7.13. The van der Waals surface area contributed by atoms with Crippen LogP contribution in [0.15, 0.2) is 84.4 Å². The van der Waals surface area contributed by atoms with Crippen molar-refractivity contribution in [3.63, 3.8) is 0 Å². The summed E-state index contributed by atoms with van der Waals surface area (Å²) in [5, 5.41) is 5.97. The van der Waals surface area contributed by atoms with Gasteiger partial charge in [0.15, 0.2) is 0 Å². The quantitative estimate of drug-likeness (QED) is 0.352. The van der Waals surface area contributed by atoms with Crippen molar-refractivity contribution in [2.75, 3.05) is 12.3 Å². The van der Waals surface area contributed by atoms with E-state index >= 15 is 0 Å². The Morgan fingerprint density at radius 2 is 1.94 bits per heavy atom. The van der Waals surface area contributed by atoms with E-state index in [1.54, 1.807) is 35.7 Å². The van der Waals surface area contributed by atoms with Gasteiger partial charge in [0, 0.05) is 29.2 Å². The standard InChI is InChI=1S/C26H25N3O2S/c1-18(20-8-5-9-21(16-20)26-28-13-15-32-26)29-25(30)23-17-22(27)10-11-24(23)31-14-12-19-6-3-2-4-7-19/h2-11,13,15-18H,12,14,27H2,1H3,(H,29,30). The monoisotopic (exact) mass is 443 g/mol. The van der Waals surface area contributed by atoms with E-state index in [2.05, 4.69) is 28.5 Å². The third kappa shape index (κ3) is 5.34. The number of aromatic nitrogens is 1. The zero-order valence-corrected chi connectivity index (χ0v) is 18.6. The van der Waals surface area contributed by atoms with Crippen LogP contribution in [-0.2, 0) is 6.42 Å². The van der Waals surface area contributed by atoms with Gasteiger partial charge < -0.3 is 15.8 Å². The Labute approximate surface area is 191 Å². The first kappa shape index (κ1) is 21.6. The van der Waals surface area contributed by atoms with Gasteiger partial charge in [0.2, 0.25) is 0 Å². The third-order valence-corrected chi connectivity index (χ3v) is 5.98. The van der Waals surface area contributed by atoms with Crippen LogP contribution >= 0.6 is 11.3 Å². The van der Waals surface area contributed by atoms with E-state index in [-0.39, 0.29) is 11.9 Å². The van der Waals surface area contributed by atoms with Crippen LogP contribution in [0.4, 0.5) is 5.69 Å². The molecule has 0 saturated heterocycles. The van der Waals surface area contributed by atoms with Crippen LogP contribution in [-0.4, -0.2) is 17.5 Å². The van der Waals surface area contributed by atoms with Gasteiger partial charge >= 0.3 is 0 Å². The summed E-state index contributed by atoms with van der Waals surface area (Å²) in [6.07, 6.45) is 2.54. The second-order valence-electron chi connectivity index (χ2n) is 7.50. The Morgan fingerprint density at radius 3 is 2.72 bits per heavy atom. The lowest BCUT2D eigenvalue weighted by Gasteiger charge is -2.17. The highest BCUT2D eigenvalue weighted by Gasteiger charge is 2.17. The number of thiazole rings is 1. The first-order valence-electron chi connectivity index (χ1n) is 10.5. The molecule has 0 aliphatic rings. The smallest absolute Gasteiger partial charge is 0.255 e. The van der Waals surface area contributed by atoms with Crippen molar-refractivity contribution >= 4 is 22.9 Å². The van der Waals surface area contributed by atoms with Crippen LogP contribution < -0.4 is 15.8 Å². The van der Waals surface area contributed by atoms with E-state index < -0.39 is 0 Å². The number of anilines is 1. The highest BCUT2D eigenvalue weighted by Crippen LogP contribution is 2.26. The summed E-state index contributed by atoms with van der Waals surface area (Å²) >= 11 is 1.59. The SMILES string of the molecule is CC(NC(=O)c1cc(N)ccc1OCCc1ccccc1)c1cccc(-c2nccs2)c1. The van der Waals surface area contributed by atoms with Crippen LogP contribution in [0.3, 0.4) is 0 Å². The van der Waals surface area contributed by atoms with Gasteiger partial charge in [-0.2, -0.15) is 0 Å². The molecule has 5 nitrogen and oxygen atoms in total. The summed E-state index contributed by atoms with van der Waals surface area (Å²) in [6.45, 7) is 2.43. The van der Waals surface area contributed by atoms with E-state index in [9.17, 15) is 4.79 Å². The van der Waals surface area contributed by atoms with Crippen LogP contribution in [0.2, 0.25) is 0 Å². The molecule has 0 aliphatic heterocycles. The summed E-state index contributed by atoms with van der Waals surface area (Å²) in [5.41, 5.74) is 10.1. The Bertz CT molecular complexity index is 1180. The number of ether oxygens (including phenoxy) is 1. The van der Waals surface area contributed by atoms with E-state index in [0.29, 0.717) is 23.6 Å². The lowest BCUT2D eigenvalue weighted by atomic mass is 10.0. The predicted molar refractivity (Wildman–Crippen MR) is 130 cm³/mol. The van der Waals surface area contributed by atoms with Crippen molar-refractivity contribution in [3.8, 4) is 16.3 Å². The number of nitrogen functional groups attached to an aromatic ring is 1. The molecule has 6 heteroatoms. The number of nitrogens with two attached hydrogens (primary N) is 1. The molecule has 0 spiro atoms. The molecular weight excluding hydrogens is 418 g/mol. The van der Waals surface area contributed by atoms with Crippen LogP contribution in [0.5, 0.6) is 5.75 Å². The summed E-state index contributed by atoms with van der Waals surface area (Å²) in [6, 6.07) is 23.1. The van der Waals surface area contributed by atoms with Gasteiger partial charge in [0.1, 0.15) is 10.8 Å². The number of hydrogen-bond acceptors (Lipinski definition) is 5. The van der Waals surface area contributed by atoms with Gasteiger partial charge in [-0.25, -0.2) is 4.98 Å². The molecule has 162 valence electrons. The molecule has 4 rings (SSSR count). The number of amides is 1. The Morgan fingerprint density at radius 1 is 1.09 bits per heavy atom. The molecule has 1 aromatic heterocycles. The summed E-state index contributed by atoms with van der Waals surface area (Å²) in [5.74, 6) is 0.301. The van der Waals surface area contributed by atoms with Gasteiger partial charge in [-0.05, 0) is 42.3 Å². The number of benzene rings is 3. The highest BCUT2D eigenvalue weighted by atomic mass is 32.1. The molecule has 0 radical (unpaired) electrons. The topological polar surface area (TPSA) is 77.2 Å². The zero-order chi connectivity index (χ0) is 22.3. The maximum Gasteiger partial charge on any atom is 0.255 e. The van der Waals surface area contributed by atoms with Crippen LogP contribution in [0, 0.1) is 0 Å². The fourth-order valence-electron chi connectivity index (χ4n) is 3.44. The molecule has 1 amide bonds.